The maximum Gasteiger partial charge on any atom is 0.194 e. The van der Waals surface area contributed by atoms with Crippen LogP contribution in [0.4, 0.5) is 0 Å². The molecule has 7 heteroatoms. The normalized spacial score (nSPS) is 26.5. The fourth-order valence-corrected chi connectivity index (χ4v) is 3.07. The lowest BCUT2D eigenvalue weighted by atomic mass is 10.1. The highest BCUT2D eigenvalue weighted by atomic mass is 16.5. The smallest absolute Gasteiger partial charge is 0.194 e. The number of aryl methyl sites for hydroxylation is 1. The summed E-state index contributed by atoms with van der Waals surface area (Å²) in [6.07, 6.45) is 6.50. The summed E-state index contributed by atoms with van der Waals surface area (Å²) in [4.78, 5) is 6.66. The molecule has 1 aromatic heterocycles. The third kappa shape index (κ3) is 3.59. The predicted molar refractivity (Wildman–Crippen MR) is 83.7 cm³/mol. The minimum atomic E-state index is 0.146. The van der Waals surface area contributed by atoms with Gasteiger partial charge in [0.05, 0.1) is 18.9 Å². The number of guanidine groups is 1. The Morgan fingerprint density at radius 1 is 1.41 bits per heavy atom. The zero-order chi connectivity index (χ0) is 15.4. The average Bonchev–Trinajstić information content (AvgIpc) is 3.20. The molecule has 1 aromatic rings. The number of morpholine rings is 1. The zero-order valence-corrected chi connectivity index (χ0v) is 13.4. The molecule has 1 N–H and O–H groups in total. The van der Waals surface area contributed by atoms with Crippen LogP contribution in [0.15, 0.2) is 17.4 Å². The minimum absolute atomic E-state index is 0.146. The van der Waals surface area contributed by atoms with Crippen LogP contribution in [0.1, 0.15) is 18.4 Å². The highest BCUT2D eigenvalue weighted by molar-refractivity contribution is 5.80. The van der Waals surface area contributed by atoms with Gasteiger partial charge in [0.1, 0.15) is 6.10 Å². The lowest BCUT2D eigenvalue weighted by Gasteiger charge is -2.37. The first-order valence-corrected chi connectivity index (χ1v) is 7.92. The molecule has 0 aromatic carbocycles. The average molecular weight is 307 g/mol. The van der Waals surface area contributed by atoms with E-state index in [1.165, 1.54) is 0 Å². The largest absolute Gasteiger partial charge is 0.375 e. The van der Waals surface area contributed by atoms with Crippen molar-refractivity contribution in [1.82, 2.24) is 20.0 Å². The molecule has 22 heavy (non-hydrogen) atoms. The molecule has 0 radical (unpaired) electrons. The van der Waals surface area contributed by atoms with Crippen LogP contribution in [-0.4, -0.2) is 66.2 Å². The number of nitrogens with zero attached hydrogens (tertiary/aromatic N) is 4. The van der Waals surface area contributed by atoms with Gasteiger partial charge in [0.2, 0.25) is 0 Å². The second kappa shape index (κ2) is 7.11. The highest BCUT2D eigenvalue weighted by Crippen LogP contribution is 2.21. The molecule has 7 nitrogen and oxygen atoms in total. The van der Waals surface area contributed by atoms with Crippen LogP contribution in [0.25, 0.3) is 0 Å². The summed E-state index contributed by atoms with van der Waals surface area (Å²) in [5.41, 5.74) is 1.15. The van der Waals surface area contributed by atoms with Gasteiger partial charge in [0.25, 0.3) is 0 Å². The van der Waals surface area contributed by atoms with Crippen LogP contribution in [0.3, 0.4) is 0 Å². The Balaban J connectivity index is 1.55. The van der Waals surface area contributed by atoms with Gasteiger partial charge in [-0.05, 0) is 12.8 Å². The predicted octanol–water partition coefficient (Wildman–Crippen LogP) is 0.375. The third-order valence-corrected chi connectivity index (χ3v) is 4.19. The molecule has 3 rings (SSSR count). The number of hydrogen-bond donors (Lipinski definition) is 1. The van der Waals surface area contributed by atoms with Crippen LogP contribution < -0.4 is 5.32 Å². The fourth-order valence-electron chi connectivity index (χ4n) is 3.07. The molecule has 0 spiro atoms. The molecule has 0 aliphatic carbocycles. The number of aliphatic imine (C=N–C) groups is 1. The van der Waals surface area contributed by atoms with Gasteiger partial charge in [0.15, 0.2) is 5.96 Å². The van der Waals surface area contributed by atoms with E-state index < -0.39 is 0 Å². The number of hydrogen-bond acceptors (Lipinski definition) is 4. The van der Waals surface area contributed by atoms with Crippen molar-refractivity contribution in [1.29, 1.82) is 0 Å². The van der Waals surface area contributed by atoms with E-state index in [9.17, 15) is 0 Å². The standard InChI is InChI=1S/C15H25N5O2/c1-16-15(17-8-12-9-18-19(2)10-12)20-5-7-22-14(11-20)13-4-3-6-21-13/h9-10,13-14H,3-8,11H2,1-2H3,(H,16,17). The van der Waals surface area contributed by atoms with Crippen molar-refractivity contribution in [2.75, 3.05) is 33.4 Å². The first kappa shape index (κ1) is 15.3. The van der Waals surface area contributed by atoms with Gasteiger partial charge >= 0.3 is 0 Å². The summed E-state index contributed by atoms with van der Waals surface area (Å²) >= 11 is 0. The topological polar surface area (TPSA) is 63.9 Å². The van der Waals surface area contributed by atoms with Gasteiger partial charge in [-0.15, -0.1) is 0 Å². The van der Waals surface area contributed by atoms with E-state index in [-0.39, 0.29) is 12.2 Å². The van der Waals surface area contributed by atoms with Crippen molar-refractivity contribution >= 4 is 5.96 Å². The van der Waals surface area contributed by atoms with Crippen molar-refractivity contribution in [3.63, 3.8) is 0 Å². The highest BCUT2D eigenvalue weighted by Gasteiger charge is 2.32. The number of aromatic nitrogens is 2. The lowest BCUT2D eigenvalue weighted by Crippen LogP contribution is -2.53. The van der Waals surface area contributed by atoms with Gasteiger partial charge in [-0.1, -0.05) is 0 Å². The second-order valence-electron chi connectivity index (χ2n) is 5.83. The molecule has 0 amide bonds. The van der Waals surface area contributed by atoms with E-state index >= 15 is 0 Å². The van der Waals surface area contributed by atoms with Gasteiger partial charge in [-0.3, -0.25) is 9.67 Å². The van der Waals surface area contributed by atoms with Crippen molar-refractivity contribution in [2.45, 2.75) is 31.6 Å². The maximum absolute atomic E-state index is 5.89. The lowest BCUT2D eigenvalue weighted by molar-refractivity contribution is -0.0817. The summed E-state index contributed by atoms with van der Waals surface area (Å²) in [6, 6.07) is 0. The van der Waals surface area contributed by atoms with E-state index in [0.717, 1.165) is 57.2 Å². The van der Waals surface area contributed by atoms with Gasteiger partial charge < -0.3 is 19.7 Å². The molecule has 2 atom stereocenters. The zero-order valence-electron chi connectivity index (χ0n) is 13.4. The Bertz CT molecular complexity index is 510. The van der Waals surface area contributed by atoms with Crippen molar-refractivity contribution in [2.24, 2.45) is 12.0 Å². The molecule has 3 heterocycles. The van der Waals surface area contributed by atoms with Crippen molar-refractivity contribution in [3.8, 4) is 0 Å². The molecule has 0 bridgehead atoms. The Hall–Kier alpha value is -1.60. The van der Waals surface area contributed by atoms with Gasteiger partial charge in [-0.2, -0.15) is 5.10 Å². The van der Waals surface area contributed by atoms with E-state index in [1.807, 2.05) is 31.2 Å². The third-order valence-electron chi connectivity index (χ3n) is 4.19. The quantitative estimate of drug-likeness (QED) is 0.646. The molecule has 122 valence electrons. The summed E-state index contributed by atoms with van der Waals surface area (Å²) in [5.74, 6) is 0.912. The Morgan fingerprint density at radius 2 is 2.27 bits per heavy atom. The van der Waals surface area contributed by atoms with Crippen molar-refractivity contribution < 1.29 is 9.47 Å². The molecule has 2 unspecified atom stereocenters. The maximum atomic E-state index is 5.89. The molecule has 2 saturated heterocycles. The van der Waals surface area contributed by atoms with E-state index in [1.54, 1.807) is 0 Å². The molecule has 2 aliphatic heterocycles. The van der Waals surface area contributed by atoms with Crippen LogP contribution in [-0.2, 0) is 23.1 Å². The molecular formula is C15H25N5O2. The Labute approximate surface area is 131 Å². The Morgan fingerprint density at radius 3 is 2.95 bits per heavy atom. The van der Waals surface area contributed by atoms with Crippen LogP contribution in [0, 0.1) is 0 Å². The SMILES string of the molecule is CN=C(NCc1cnn(C)c1)N1CCOC(C2CCCO2)C1. The second-order valence-corrected chi connectivity index (χ2v) is 5.83. The fraction of sp³-hybridized carbons (Fsp3) is 0.733. The van der Waals surface area contributed by atoms with Crippen LogP contribution in [0.2, 0.25) is 0 Å². The van der Waals surface area contributed by atoms with Gasteiger partial charge in [0, 0.05) is 52.1 Å². The summed E-state index contributed by atoms with van der Waals surface area (Å²) < 4.78 is 13.5. The van der Waals surface area contributed by atoms with E-state index in [2.05, 4.69) is 20.3 Å². The molecule has 2 aliphatic rings. The van der Waals surface area contributed by atoms with Crippen LogP contribution >= 0.6 is 0 Å². The number of nitrogens with one attached hydrogen (secondary N) is 1. The minimum Gasteiger partial charge on any atom is -0.375 e. The number of ether oxygens (including phenoxy) is 2. The van der Waals surface area contributed by atoms with E-state index in [0.29, 0.717) is 0 Å². The van der Waals surface area contributed by atoms with Crippen molar-refractivity contribution in [3.05, 3.63) is 18.0 Å². The molecular weight excluding hydrogens is 282 g/mol. The summed E-state index contributed by atoms with van der Waals surface area (Å²) in [5, 5.41) is 7.59. The van der Waals surface area contributed by atoms with Crippen LogP contribution in [0.5, 0.6) is 0 Å². The van der Waals surface area contributed by atoms with Gasteiger partial charge in [-0.25, -0.2) is 0 Å². The summed E-state index contributed by atoms with van der Waals surface area (Å²) in [6.45, 7) is 3.99. The monoisotopic (exact) mass is 307 g/mol. The molecule has 2 fully saturated rings. The van der Waals surface area contributed by atoms with E-state index in [4.69, 9.17) is 9.47 Å². The first-order valence-electron chi connectivity index (χ1n) is 7.92. The Kier molecular flexibility index (Phi) is 4.94. The summed E-state index contributed by atoms with van der Waals surface area (Å²) in [7, 11) is 3.74. The first-order chi connectivity index (χ1) is 10.8. The number of rotatable bonds is 3. The molecule has 0 saturated carbocycles.